The summed E-state index contributed by atoms with van der Waals surface area (Å²) in [6, 6.07) is 3.75. The van der Waals surface area contributed by atoms with Crippen LogP contribution in [0.1, 0.15) is 43.3 Å². The average Bonchev–Trinajstić information content (AvgIpc) is 2.97. The van der Waals surface area contributed by atoms with E-state index in [-0.39, 0.29) is 11.8 Å². The Kier molecular flexibility index (Phi) is 5.45. The number of rotatable bonds is 3. The molecule has 1 aliphatic heterocycles. The molecule has 1 fully saturated rings. The van der Waals surface area contributed by atoms with Gasteiger partial charge in [0.25, 0.3) is 5.91 Å². The predicted molar refractivity (Wildman–Crippen MR) is 87.2 cm³/mol. The first kappa shape index (κ1) is 16.8. The van der Waals surface area contributed by atoms with Crippen LogP contribution in [-0.4, -0.2) is 42.1 Å². The lowest BCUT2D eigenvalue weighted by atomic mass is 9.98. The predicted octanol–water partition coefficient (Wildman–Crippen LogP) is 3.13. The lowest BCUT2D eigenvalue weighted by Crippen LogP contribution is -2.44. The molecular formula is C16H24N2O3S. The van der Waals surface area contributed by atoms with Crippen molar-refractivity contribution in [2.75, 3.05) is 19.6 Å². The van der Waals surface area contributed by atoms with Crippen LogP contribution in [0.15, 0.2) is 17.5 Å². The standard InChI is InChI=1S/C16H24N2O3S/c1-16(2,3)21-15(20)17-10-12-6-4-8-18(11-12)14(19)13-7-5-9-22-13/h5,7,9,12H,4,6,8,10-11H2,1-3H3,(H,17,20). The summed E-state index contributed by atoms with van der Waals surface area (Å²) in [7, 11) is 0. The minimum Gasteiger partial charge on any atom is -0.444 e. The molecule has 0 aliphatic carbocycles. The van der Waals surface area contributed by atoms with Gasteiger partial charge in [-0.2, -0.15) is 0 Å². The number of likely N-dealkylation sites (tertiary alicyclic amines) is 1. The Balaban J connectivity index is 1.81. The number of piperidine rings is 1. The van der Waals surface area contributed by atoms with Crippen molar-refractivity contribution in [1.29, 1.82) is 0 Å². The van der Waals surface area contributed by atoms with Crippen molar-refractivity contribution in [3.63, 3.8) is 0 Å². The van der Waals surface area contributed by atoms with Gasteiger partial charge >= 0.3 is 6.09 Å². The summed E-state index contributed by atoms with van der Waals surface area (Å²) in [5, 5.41) is 4.72. The molecule has 0 spiro atoms. The molecule has 1 aliphatic rings. The van der Waals surface area contributed by atoms with Crippen molar-refractivity contribution >= 4 is 23.3 Å². The Morgan fingerprint density at radius 3 is 2.86 bits per heavy atom. The van der Waals surface area contributed by atoms with E-state index in [1.807, 2.05) is 43.2 Å². The second-order valence-corrected chi connectivity index (χ2v) is 7.57. The van der Waals surface area contributed by atoms with Gasteiger partial charge in [-0.25, -0.2) is 4.79 Å². The number of thiophene rings is 1. The van der Waals surface area contributed by atoms with E-state index >= 15 is 0 Å². The summed E-state index contributed by atoms with van der Waals surface area (Å²) >= 11 is 1.47. The molecule has 0 aromatic carbocycles. The topological polar surface area (TPSA) is 58.6 Å². The Morgan fingerprint density at radius 2 is 2.23 bits per heavy atom. The average molecular weight is 324 g/mol. The van der Waals surface area contributed by atoms with Gasteiger partial charge in [0.1, 0.15) is 5.60 Å². The highest BCUT2D eigenvalue weighted by atomic mass is 32.1. The van der Waals surface area contributed by atoms with Crippen LogP contribution in [-0.2, 0) is 4.74 Å². The van der Waals surface area contributed by atoms with Gasteiger partial charge in [0.15, 0.2) is 0 Å². The van der Waals surface area contributed by atoms with Crippen LogP contribution in [0.25, 0.3) is 0 Å². The maximum Gasteiger partial charge on any atom is 0.407 e. The van der Waals surface area contributed by atoms with E-state index in [1.165, 1.54) is 11.3 Å². The van der Waals surface area contributed by atoms with Gasteiger partial charge < -0.3 is 15.0 Å². The lowest BCUT2D eigenvalue weighted by Gasteiger charge is -2.32. The zero-order valence-electron chi connectivity index (χ0n) is 13.4. The second kappa shape index (κ2) is 7.13. The van der Waals surface area contributed by atoms with Crippen molar-refractivity contribution in [2.45, 2.75) is 39.2 Å². The van der Waals surface area contributed by atoms with E-state index in [2.05, 4.69) is 5.32 Å². The minimum absolute atomic E-state index is 0.0944. The zero-order chi connectivity index (χ0) is 16.2. The fourth-order valence-corrected chi connectivity index (χ4v) is 3.20. The molecule has 22 heavy (non-hydrogen) atoms. The van der Waals surface area contributed by atoms with Gasteiger partial charge in [-0.15, -0.1) is 11.3 Å². The first-order valence-electron chi connectivity index (χ1n) is 7.65. The van der Waals surface area contributed by atoms with Crippen LogP contribution in [0.2, 0.25) is 0 Å². The Hall–Kier alpha value is -1.56. The Morgan fingerprint density at radius 1 is 1.45 bits per heavy atom. The molecule has 0 saturated carbocycles. The maximum absolute atomic E-state index is 12.4. The molecule has 2 amide bonds. The van der Waals surface area contributed by atoms with Crippen molar-refractivity contribution in [1.82, 2.24) is 10.2 Å². The van der Waals surface area contributed by atoms with E-state index in [0.29, 0.717) is 13.1 Å². The lowest BCUT2D eigenvalue weighted by molar-refractivity contribution is 0.0503. The molecule has 5 nitrogen and oxygen atoms in total. The number of amides is 2. The molecular weight excluding hydrogens is 300 g/mol. The van der Waals surface area contributed by atoms with Crippen LogP contribution < -0.4 is 5.32 Å². The molecule has 2 rings (SSSR count). The summed E-state index contributed by atoms with van der Waals surface area (Å²) in [4.78, 5) is 26.7. The van der Waals surface area contributed by atoms with Crippen LogP contribution in [0.3, 0.4) is 0 Å². The highest BCUT2D eigenvalue weighted by molar-refractivity contribution is 7.12. The second-order valence-electron chi connectivity index (χ2n) is 6.62. The molecule has 122 valence electrons. The number of hydrogen-bond acceptors (Lipinski definition) is 4. The number of nitrogens with zero attached hydrogens (tertiary/aromatic N) is 1. The van der Waals surface area contributed by atoms with Crippen molar-refractivity contribution in [2.24, 2.45) is 5.92 Å². The molecule has 1 atom stereocenters. The third kappa shape index (κ3) is 5.02. The van der Waals surface area contributed by atoms with Gasteiger partial charge in [-0.1, -0.05) is 6.07 Å². The third-order valence-corrected chi connectivity index (χ3v) is 4.33. The van der Waals surface area contributed by atoms with Crippen LogP contribution >= 0.6 is 11.3 Å². The molecule has 0 radical (unpaired) electrons. The number of carbonyl (C=O) groups is 2. The normalized spacial score (nSPS) is 18.9. The highest BCUT2D eigenvalue weighted by Gasteiger charge is 2.25. The fourth-order valence-electron chi connectivity index (χ4n) is 2.51. The van der Waals surface area contributed by atoms with Crippen LogP contribution in [0.5, 0.6) is 0 Å². The van der Waals surface area contributed by atoms with Crippen molar-refractivity contribution in [3.8, 4) is 0 Å². The van der Waals surface area contributed by atoms with Gasteiger partial charge in [-0.3, -0.25) is 4.79 Å². The van der Waals surface area contributed by atoms with Gasteiger partial charge in [-0.05, 0) is 51.0 Å². The van der Waals surface area contributed by atoms with Crippen molar-refractivity contribution < 1.29 is 14.3 Å². The minimum atomic E-state index is -0.488. The van der Waals surface area contributed by atoms with Crippen LogP contribution in [0, 0.1) is 5.92 Å². The molecule has 6 heteroatoms. The van der Waals surface area contributed by atoms with Crippen molar-refractivity contribution in [3.05, 3.63) is 22.4 Å². The molecule has 1 aromatic rings. The highest BCUT2D eigenvalue weighted by Crippen LogP contribution is 2.20. The zero-order valence-corrected chi connectivity index (χ0v) is 14.2. The van der Waals surface area contributed by atoms with Crippen LogP contribution in [0.4, 0.5) is 4.79 Å². The number of hydrogen-bond donors (Lipinski definition) is 1. The quantitative estimate of drug-likeness (QED) is 0.929. The maximum atomic E-state index is 12.4. The van der Waals surface area contributed by atoms with E-state index < -0.39 is 11.7 Å². The van der Waals surface area contributed by atoms with E-state index in [0.717, 1.165) is 24.3 Å². The van der Waals surface area contributed by atoms with E-state index in [1.54, 1.807) is 0 Å². The van der Waals surface area contributed by atoms with Gasteiger partial charge in [0.05, 0.1) is 4.88 Å². The monoisotopic (exact) mass is 324 g/mol. The number of ether oxygens (including phenoxy) is 1. The fraction of sp³-hybridized carbons (Fsp3) is 0.625. The van der Waals surface area contributed by atoms with E-state index in [9.17, 15) is 9.59 Å². The largest absolute Gasteiger partial charge is 0.444 e. The Bertz CT molecular complexity index is 508. The van der Waals surface area contributed by atoms with Gasteiger partial charge in [0.2, 0.25) is 0 Å². The number of nitrogens with one attached hydrogen (secondary N) is 1. The molecule has 1 unspecified atom stereocenters. The molecule has 2 heterocycles. The summed E-state index contributed by atoms with van der Waals surface area (Å²) < 4.78 is 5.23. The summed E-state index contributed by atoms with van der Waals surface area (Å²) in [5.41, 5.74) is -0.488. The molecule has 1 aromatic heterocycles. The molecule has 1 N–H and O–H groups in total. The first-order valence-corrected chi connectivity index (χ1v) is 8.53. The number of carbonyl (C=O) groups excluding carboxylic acids is 2. The third-order valence-electron chi connectivity index (χ3n) is 3.47. The summed E-state index contributed by atoms with van der Waals surface area (Å²) in [6.07, 6.45) is 1.59. The SMILES string of the molecule is CC(C)(C)OC(=O)NCC1CCCN(C(=O)c2cccs2)C1. The summed E-state index contributed by atoms with van der Waals surface area (Å²) in [6.45, 7) is 7.55. The smallest absolute Gasteiger partial charge is 0.407 e. The van der Waals surface area contributed by atoms with E-state index in [4.69, 9.17) is 4.74 Å². The Labute approximate surface area is 135 Å². The molecule has 1 saturated heterocycles. The first-order chi connectivity index (χ1) is 10.3. The molecule has 0 bridgehead atoms. The van der Waals surface area contributed by atoms with Gasteiger partial charge in [0, 0.05) is 19.6 Å². The summed E-state index contributed by atoms with van der Waals surface area (Å²) in [5.74, 6) is 0.377. The number of alkyl carbamates (subject to hydrolysis) is 1.